The summed E-state index contributed by atoms with van der Waals surface area (Å²) in [6.45, 7) is 6.01. The Morgan fingerprint density at radius 3 is 2.46 bits per heavy atom. The van der Waals surface area contributed by atoms with Gasteiger partial charge in [0, 0.05) is 28.0 Å². The van der Waals surface area contributed by atoms with Crippen LogP contribution in [0.25, 0.3) is 0 Å². The number of anilines is 2. The number of halogens is 1. The van der Waals surface area contributed by atoms with Crippen LogP contribution in [0.4, 0.5) is 11.4 Å². The third-order valence-corrected chi connectivity index (χ3v) is 4.30. The van der Waals surface area contributed by atoms with Crippen molar-refractivity contribution in [3.63, 3.8) is 0 Å². The van der Waals surface area contributed by atoms with Gasteiger partial charge in [-0.15, -0.1) is 0 Å². The summed E-state index contributed by atoms with van der Waals surface area (Å²) in [5, 5.41) is 9.36. The van der Waals surface area contributed by atoms with Crippen molar-refractivity contribution < 1.29 is 9.59 Å². The summed E-state index contributed by atoms with van der Waals surface area (Å²) in [5.41, 5.74) is 3.00. The highest BCUT2D eigenvalue weighted by molar-refractivity contribution is 6.31. The van der Waals surface area contributed by atoms with Gasteiger partial charge in [-0.25, -0.2) is 0 Å². The van der Waals surface area contributed by atoms with Gasteiger partial charge >= 0.3 is 0 Å². The number of carbonyl (C=O) groups is 2. The van der Waals surface area contributed by atoms with Gasteiger partial charge in [0.15, 0.2) is 0 Å². The standard InChI is InChI=1S/C20H24ClN3O2/c1-4-14(3)23-20(26)15-6-9-17(10-7-15)22-12-19(25)24-18-11-16(21)8-5-13(18)2/h5-11,14,22H,4,12H2,1-3H3,(H,23,26)(H,24,25). The van der Waals surface area contributed by atoms with E-state index in [9.17, 15) is 9.59 Å². The van der Waals surface area contributed by atoms with Crippen molar-refractivity contribution in [1.29, 1.82) is 0 Å². The quantitative estimate of drug-likeness (QED) is 0.680. The third-order valence-electron chi connectivity index (χ3n) is 4.06. The summed E-state index contributed by atoms with van der Waals surface area (Å²) in [4.78, 5) is 24.1. The highest BCUT2D eigenvalue weighted by Gasteiger charge is 2.09. The highest BCUT2D eigenvalue weighted by Crippen LogP contribution is 2.20. The minimum Gasteiger partial charge on any atom is -0.376 e. The molecule has 2 amide bonds. The third kappa shape index (κ3) is 5.77. The second-order valence-corrected chi connectivity index (χ2v) is 6.66. The fourth-order valence-corrected chi connectivity index (χ4v) is 2.43. The van der Waals surface area contributed by atoms with Crippen LogP contribution >= 0.6 is 11.6 Å². The fourth-order valence-electron chi connectivity index (χ4n) is 2.25. The molecule has 0 fully saturated rings. The summed E-state index contributed by atoms with van der Waals surface area (Å²) < 4.78 is 0. The van der Waals surface area contributed by atoms with Crippen LogP contribution in [0.15, 0.2) is 42.5 Å². The van der Waals surface area contributed by atoms with Crippen molar-refractivity contribution in [3.05, 3.63) is 58.6 Å². The molecule has 0 aliphatic carbocycles. The zero-order valence-electron chi connectivity index (χ0n) is 15.2. The van der Waals surface area contributed by atoms with E-state index in [0.29, 0.717) is 16.3 Å². The Morgan fingerprint density at radius 1 is 1.12 bits per heavy atom. The lowest BCUT2D eigenvalue weighted by atomic mass is 10.1. The van der Waals surface area contributed by atoms with Crippen LogP contribution in [0.1, 0.15) is 36.2 Å². The van der Waals surface area contributed by atoms with Gasteiger partial charge in [0.2, 0.25) is 5.91 Å². The molecule has 1 unspecified atom stereocenters. The molecule has 2 aromatic rings. The van der Waals surface area contributed by atoms with E-state index in [1.807, 2.05) is 26.8 Å². The van der Waals surface area contributed by atoms with Gasteiger partial charge in [-0.05, 0) is 62.2 Å². The molecule has 0 saturated heterocycles. The SMILES string of the molecule is CCC(C)NC(=O)c1ccc(NCC(=O)Nc2cc(Cl)ccc2C)cc1. The van der Waals surface area contributed by atoms with Crippen molar-refractivity contribution in [2.75, 3.05) is 17.2 Å². The van der Waals surface area contributed by atoms with Crippen LogP contribution in [-0.4, -0.2) is 24.4 Å². The van der Waals surface area contributed by atoms with E-state index >= 15 is 0 Å². The van der Waals surface area contributed by atoms with Gasteiger partial charge in [0.05, 0.1) is 6.54 Å². The smallest absolute Gasteiger partial charge is 0.251 e. The number of nitrogens with one attached hydrogen (secondary N) is 3. The molecule has 0 aromatic heterocycles. The molecule has 0 aliphatic heterocycles. The van der Waals surface area contributed by atoms with Crippen LogP contribution < -0.4 is 16.0 Å². The predicted octanol–water partition coefficient (Wildman–Crippen LogP) is 4.23. The first kappa shape index (κ1) is 19.8. The second kappa shape index (κ2) is 9.25. The van der Waals surface area contributed by atoms with Gasteiger partial charge in [-0.1, -0.05) is 24.6 Å². The molecule has 0 heterocycles. The van der Waals surface area contributed by atoms with E-state index < -0.39 is 0 Å². The van der Waals surface area contributed by atoms with Crippen molar-refractivity contribution in [3.8, 4) is 0 Å². The summed E-state index contributed by atoms with van der Waals surface area (Å²) in [6, 6.07) is 12.5. The fraction of sp³-hybridized carbons (Fsp3) is 0.300. The maximum atomic E-state index is 12.1. The average molecular weight is 374 g/mol. The Balaban J connectivity index is 1.88. The van der Waals surface area contributed by atoms with Gasteiger partial charge < -0.3 is 16.0 Å². The van der Waals surface area contributed by atoms with Crippen LogP contribution in [-0.2, 0) is 4.79 Å². The molecule has 0 saturated carbocycles. The lowest BCUT2D eigenvalue weighted by Crippen LogP contribution is -2.31. The minimum atomic E-state index is -0.172. The maximum Gasteiger partial charge on any atom is 0.251 e. The molecule has 0 spiro atoms. The summed E-state index contributed by atoms with van der Waals surface area (Å²) >= 11 is 5.95. The molecule has 2 rings (SSSR count). The molecular weight excluding hydrogens is 350 g/mol. The number of hydrogen-bond acceptors (Lipinski definition) is 3. The first-order valence-corrected chi connectivity index (χ1v) is 8.97. The van der Waals surface area contributed by atoms with Crippen LogP contribution in [0, 0.1) is 6.92 Å². The number of benzene rings is 2. The Hall–Kier alpha value is -2.53. The molecule has 138 valence electrons. The molecule has 0 aliphatic rings. The van der Waals surface area contributed by atoms with E-state index in [0.717, 1.165) is 17.7 Å². The largest absolute Gasteiger partial charge is 0.376 e. The lowest BCUT2D eigenvalue weighted by Gasteiger charge is -2.12. The van der Waals surface area contributed by atoms with E-state index in [2.05, 4.69) is 16.0 Å². The van der Waals surface area contributed by atoms with Crippen LogP contribution in [0.5, 0.6) is 0 Å². The Bertz CT molecular complexity index is 775. The zero-order chi connectivity index (χ0) is 19.1. The zero-order valence-corrected chi connectivity index (χ0v) is 16.0. The van der Waals surface area contributed by atoms with Crippen molar-refractivity contribution in [2.24, 2.45) is 0 Å². The first-order chi connectivity index (χ1) is 12.4. The Morgan fingerprint density at radius 2 is 1.81 bits per heavy atom. The van der Waals surface area contributed by atoms with Crippen molar-refractivity contribution in [2.45, 2.75) is 33.2 Å². The maximum absolute atomic E-state index is 12.1. The Kier molecular flexibility index (Phi) is 7.04. The lowest BCUT2D eigenvalue weighted by molar-refractivity contribution is -0.114. The number of amides is 2. The number of hydrogen-bond donors (Lipinski definition) is 3. The average Bonchev–Trinajstić information content (AvgIpc) is 2.63. The molecule has 0 bridgehead atoms. The van der Waals surface area contributed by atoms with Gasteiger partial charge in [0.25, 0.3) is 5.91 Å². The normalized spacial score (nSPS) is 11.5. The summed E-state index contributed by atoms with van der Waals surface area (Å²) in [6.07, 6.45) is 0.882. The van der Waals surface area contributed by atoms with E-state index in [1.165, 1.54) is 0 Å². The molecular formula is C20H24ClN3O2. The first-order valence-electron chi connectivity index (χ1n) is 8.60. The predicted molar refractivity (Wildman–Crippen MR) is 107 cm³/mol. The molecule has 1 atom stereocenters. The highest BCUT2D eigenvalue weighted by atomic mass is 35.5. The summed E-state index contributed by atoms with van der Waals surface area (Å²) in [5.74, 6) is -0.269. The van der Waals surface area contributed by atoms with Gasteiger partial charge in [0.1, 0.15) is 0 Å². The number of carbonyl (C=O) groups excluding carboxylic acids is 2. The van der Waals surface area contributed by atoms with E-state index in [1.54, 1.807) is 36.4 Å². The van der Waals surface area contributed by atoms with Crippen LogP contribution in [0.2, 0.25) is 5.02 Å². The molecule has 2 aromatic carbocycles. The molecule has 26 heavy (non-hydrogen) atoms. The monoisotopic (exact) mass is 373 g/mol. The van der Waals surface area contributed by atoms with Gasteiger partial charge in [-0.3, -0.25) is 9.59 Å². The number of aryl methyl sites for hydroxylation is 1. The second-order valence-electron chi connectivity index (χ2n) is 6.22. The Labute approximate surface area is 159 Å². The molecule has 6 heteroatoms. The molecule has 0 radical (unpaired) electrons. The van der Waals surface area contributed by atoms with Crippen molar-refractivity contribution >= 4 is 34.8 Å². The van der Waals surface area contributed by atoms with Crippen LogP contribution in [0.3, 0.4) is 0 Å². The van der Waals surface area contributed by atoms with Crippen molar-refractivity contribution in [1.82, 2.24) is 5.32 Å². The number of rotatable bonds is 7. The molecule has 3 N–H and O–H groups in total. The van der Waals surface area contributed by atoms with E-state index in [-0.39, 0.29) is 24.4 Å². The summed E-state index contributed by atoms with van der Waals surface area (Å²) in [7, 11) is 0. The molecule has 5 nitrogen and oxygen atoms in total. The topological polar surface area (TPSA) is 70.2 Å². The van der Waals surface area contributed by atoms with E-state index in [4.69, 9.17) is 11.6 Å². The minimum absolute atomic E-state index is 0.0972. The van der Waals surface area contributed by atoms with Gasteiger partial charge in [-0.2, -0.15) is 0 Å².